The van der Waals surface area contributed by atoms with Crippen LogP contribution in [-0.2, 0) is 19.4 Å². The van der Waals surface area contributed by atoms with Crippen molar-refractivity contribution in [2.45, 2.75) is 31.9 Å². The van der Waals surface area contributed by atoms with E-state index in [4.69, 9.17) is 4.42 Å². The average molecular weight is 374 g/mol. The molecule has 5 nitrogen and oxygen atoms in total. The predicted octanol–water partition coefficient (Wildman–Crippen LogP) is 3.20. The van der Waals surface area contributed by atoms with Crippen molar-refractivity contribution in [2.75, 3.05) is 0 Å². The van der Waals surface area contributed by atoms with Crippen molar-refractivity contribution in [3.63, 3.8) is 0 Å². The summed E-state index contributed by atoms with van der Waals surface area (Å²) in [6.07, 6.45) is 5.66. The Labute approximate surface area is 142 Å². The number of aryl methyl sites for hydroxylation is 1. The Hall–Kier alpha value is -1.92. The third-order valence-corrected chi connectivity index (χ3v) is 4.69. The number of oxazole rings is 1. The Morgan fingerprint density at radius 1 is 1.30 bits per heavy atom. The summed E-state index contributed by atoms with van der Waals surface area (Å²) in [5.41, 5.74) is 4.11. The highest BCUT2D eigenvalue weighted by molar-refractivity contribution is 9.10. The normalized spacial score (nSPS) is 17.2. The van der Waals surface area contributed by atoms with Crippen molar-refractivity contribution in [1.29, 1.82) is 0 Å². The molecule has 1 aliphatic carbocycles. The van der Waals surface area contributed by atoms with E-state index in [1.54, 1.807) is 6.26 Å². The predicted molar refractivity (Wildman–Crippen MR) is 89.0 cm³/mol. The minimum Gasteiger partial charge on any atom is -0.444 e. The number of hydrogen-bond donors (Lipinski definition) is 1. The van der Waals surface area contributed by atoms with Crippen molar-refractivity contribution >= 4 is 15.9 Å². The van der Waals surface area contributed by atoms with Gasteiger partial charge in [-0.1, -0.05) is 15.9 Å². The SMILES string of the molecule is OC1CCc2cnn(Cc3coc(-c4ccc(Br)cc4)n3)c2C1. The van der Waals surface area contributed by atoms with E-state index in [1.165, 1.54) is 5.56 Å². The minimum absolute atomic E-state index is 0.270. The lowest BCUT2D eigenvalue weighted by Crippen LogP contribution is -2.21. The molecule has 6 heteroatoms. The topological polar surface area (TPSA) is 64.1 Å². The molecule has 0 spiro atoms. The summed E-state index contributed by atoms with van der Waals surface area (Å²) in [6, 6.07) is 7.85. The monoisotopic (exact) mass is 373 g/mol. The Balaban J connectivity index is 1.56. The van der Waals surface area contributed by atoms with Crippen molar-refractivity contribution in [3.05, 3.63) is 58.1 Å². The Morgan fingerprint density at radius 3 is 2.96 bits per heavy atom. The molecule has 2 aromatic heterocycles. The third kappa shape index (κ3) is 2.96. The van der Waals surface area contributed by atoms with Crippen LogP contribution >= 0.6 is 15.9 Å². The molecule has 0 amide bonds. The minimum atomic E-state index is -0.270. The summed E-state index contributed by atoms with van der Waals surface area (Å²) in [4.78, 5) is 4.55. The molecule has 0 saturated carbocycles. The molecule has 1 N–H and O–H groups in total. The zero-order valence-electron chi connectivity index (χ0n) is 12.4. The van der Waals surface area contributed by atoms with Gasteiger partial charge in [-0.25, -0.2) is 4.98 Å². The summed E-state index contributed by atoms with van der Waals surface area (Å²) in [7, 11) is 0. The molecule has 1 unspecified atom stereocenters. The summed E-state index contributed by atoms with van der Waals surface area (Å²) in [5.74, 6) is 0.605. The van der Waals surface area contributed by atoms with E-state index in [0.717, 1.165) is 34.3 Å². The highest BCUT2D eigenvalue weighted by atomic mass is 79.9. The van der Waals surface area contributed by atoms with E-state index in [2.05, 4.69) is 26.0 Å². The largest absolute Gasteiger partial charge is 0.444 e. The van der Waals surface area contributed by atoms with Crippen LogP contribution in [0.4, 0.5) is 0 Å². The lowest BCUT2D eigenvalue weighted by atomic mass is 9.96. The van der Waals surface area contributed by atoms with Gasteiger partial charge in [-0.05, 0) is 42.7 Å². The molecular weight excluding hydrogens is 358 g/mol. The first kappa shape index (κ1) is 14.7. The maximum Gasteiger partial charge on any atom is 0.226 e. The molecule has 1 aromatic carbocycles. The van der Waals surface area contributed by atoms with Gasteiger partial charge in [0.05, 0.1) is 18.8 Å². The van der Waals surface area contributed by atoms with Crippen molar-refractivity contribution in [2.24, 2.45) is 0 Å². The standard InChI is InChI=1S/C17H16BrN3O2/c18-13-4-1-11(2-5-13)17-20-14(10-23-17)9-21-16-7-15(22)6-3-12(16)8-19-21/h1-2,4-5,8,10,15,22H,3,6-7,9H2. The summed E-state index contributed by atoms with van der Waals surface area (Å²) < 4.78 is 8.53. The van der Waals surface area contributed by atoms with Gasteiger partial charge in [0, 0.05) is 22.2 Å². The van der Waals surface area contributed by atoms with Gasteiger partial charge in [-0.3, -0.25) is 4.68 Å². The maximum absolute atomic E-state index is 9.86. The Bertz CT molecular complexity index is 823. The van der Waals surface area contributed by atoms with Crippen molar-refractivity contribution in [3.8, 4) is 11.5 Å². The second-order valence-electron chi connectivity index (χ2n) is 5.82. The van der Waals surface area contributed by atoms with Gasteiger partial charge < -0.3 is 9.52 Å². The Morgan fingerprint density at radius 2 is 2.13 bits per heavy atom. The van der Waals surface area contributed by atoms with Crippen LogP contribution in [0.2, 0.25) is 0 Å². The van der Waals surface area contributed by atoms with Crippen LogP contribution in [0.5, 0.6) is 0 Å². The van der Waals surface area contributed by atoms with Crippen LogP contribution < -0.4 is 0 Å². The molecule has 4 rings (SSSR count). The van der Waals surface area contributed by atoms with Gasteiger partial charge in [0.25, 0.3) is 0 Å². The number of rotatable bonds is 3. The van der Waals surface area contributed by atoms with E-state index in [-0.39, 0.29) is 6.10 Å². The van der Waals surface area contributed by atoms with Crippen LogP contribution in [0.3, 0.4) is 0 Å². The molecule has 0 saturated heterocycles. The van der Waals surface area contributed by atoms with Gasteiger partial charge in [-0.15, -0.1) is 0 Å². The smallest absolute Gasteiger partial charge is 0.226 e. The molecule has 1 atom stereocenters. The molecule has 0 aliphatic heterocycles. The fraction of sp³-hybridized carbons (Fsp3) is 0.294. The lowest BCUT2D eigenvalue weighted by molar-refractivity contribution is 0.155. The lowest BCUT2D eigenvalue weighted by Gasteiger charge is -2.18. The van der Waals surface area contributed by atoms with E-state index in [1.807, 2.05) is 35.1 Å². The number of halogens is 1. The van der Waals surface area contributed by atoms with Crippen LogP contribution in [0.15, 0.2) is 45.6 Å². The second kappa shape index (κ2) is 5.94. The molecule has 1 aliphatic rings. The number of aromatic nitrogens is 3. The van der Waals surface area contributed by atoms with Gasteiger partial charge in [0.1, 0.15) is 12.0 Å². The number of fused-ring (bicyclic) bond motifs is 1. The zero-order chi connectivity index (χ0) is 15.8. The van der Waals surface area contributed by atoms with Gasteiger partial charge in [0.15, 0.2) is 0 Å². The first-order valence-electron chi connectivity index (χ1n) is 7.61. The fourth-order valence-corrected chi connectivity index (χ4v) is 3.20. The average Bonchev–Trinajstić information content (AvgIpc) is 3.16. The molecule has 3 aromatic rings. The van der Waals surface area contributed by atoms with Gasteiger partial charge >= 0.3 is 0 Å². The summed E-state index contributed by atoms with van der Waals surface area (Å²) >= 11 is 3.42. The summed E-state index contributed by atoms with van der Waals surface area (Å²) in [5, 5.41) is 14.3. The highest BCUT2D eigenvalue weighted by Crippen LogP contribution is 2.24. The number of hydrogen-bond acceptors (Lipinski definition) is 4. The maximum atomic E-state index is 9.86. The van der Waals surface area contributed by atoms with Crippen LogP contribution in [0.1, 0.15) is 23.4 Å². The van der Waals surface area contributed by atoms with Crippen LogP contribution in [0, 0.1) is 0 Å². The molecule has 0 fully saturated rings. The van der Waals surface area contributed by atoms with Gasteiger partial charge in [0.2, 0.25) is 5.89 Å². The van der Waals surface area contributed by atoms with E-state index in [0.29, 0.717) is 18.9 Å². The number of nitrogens with zero attached hydrogens (tertiary/aromatic N) is 3. The first-order chi connectivity index (χ1) is 11.2. The third-order valence-electron chi connectivity index (χ3n) is 4.17. The quantitative estimate of drug-likeness (QED) is 0.765. The zero-order valence-corrected chi connectivity index (χ0v) is 14.0. The van der Waals surface area contributed by atoms with Crippen molar-refractivity contribution in [1.82, 2.24) is 14.8 Å². The van der Waals surface area contributed by atoms with E-state index >= 15 is 0 Å². The van der Waals surface area contributed by atoms with Crippen molar-refractivity contribution < 1.29 is 9.52 Å². The van der Waals surface area contributed by atoms with Crippen LogP contribution in [-0.4, -0.2) is 26.0 Å². The molecule has 23 heavy (non-hydrogen) atoms. The molecule has 0 radical (unpaired) electrons. The van der Waals surface area contributed by atoms with Gasteiger partial charge in [-0.2, -0.15) is 5.10 Å². The highest BCUT2D eigenvalue weighted by Gasteiger charge is 2.21. The van der Waals surface area contributed by atoms with Crippen LogP contribution in [0.25, 0.3) is 11.5 Å². The fourth-order valence-electron chi connectivity index (χ4n) is 2.94. The first-order valence-corrected chi connectivity index (χ1v) is 8.40. The number of aliphatic hydroxyl groups is 1. The Kier molecular flexibility index (Phi) is 3.79. The van der Waals surface area contributed by atoms with E-state index in [9.17, 15) is 5.11 Å². The summed E-state index contributed by atoms with van der Waals surface area (Å²) in [6.45, 7) is 0.558. The number of aliphatic hydroxyl groups excluding tert-OH is 1. The molecule has 118 valence electrons. The second-order valence-corrected chi connectivity index (χ2v) is 6.74. The molecule has 2 heterocycles. The molecule has 0 bridgehead atoms. The number of benzene rings is 1. The van der Waals surface area contributed by atoms with E-state index < -0.39 is 0 Å². The molecular formula is C17H16BrN3O2.